The van der Waals surface area contributed by atoms with E-state index in [1.807, 2.05) is 66.7 Å². The van der Waals surface area contributed by atoms with E-state index in [0.717, 1.165) is 11.1 Å². The molecule has 0 bridgehead atoms. The number of benzene rings is 4. The average Bonchev–Trinajstić information content (AvgIpc) is 3.53. The first-order valence-electron chi connectivity index (χ1n) is 16.9. The summed E-state index contributed by atoms with van der Waals surface area (Å²) in [6.07, 6.45) is 2.47. The topological polar surface area (TPSA) is 113 Å². The molecule has 1 saturated carbocycles. The molecule has 8 rings (SSSR count). The number of amides is 4. The van der Waals surface area contributed by atoms with Gasteiger partial charge in [0.25, 0.3) is 0 Å². The molecular weight excluding hydrogens is 668 g/mol. The van der Waals surface area contributed by atoms with Crippen LogP contribution in [0.2, 0.25) is 5.02 Å². The Kier molecular flexibility index (Phi) is 7.98. The number of carbonyl (C=O) groups is 4. The van der Waals surface area contributed by atoms with Crippen molar-refractivity contribution in [1.82, 2.24) is 4.90 Å². The van der Waals surface area contributed by atoms with Crippen LogP contribution in [0.3, 0.4) is 0 Å². The number of phenolic OH excluding ortho intramolecular Hbond substituents is 1. The summed E-state index contributed by atoms with van der Waals surface area (Å²) in [7, 11) is 2.86. The first-order valence-corrected chi connectivity index (χ1v) is 17.3. The molecule has 2 heterocycles. The van der Waals surface area contributed by atoms with Gasteiger partial charge in [-0.3, -0.25) is 24.1 Å². The Hall–Kier alpha value is -5.41. The maximum Gasteiger partial charge on any atom is 0.246 e. The normalized spacial score (nSPS) is 26.8. The molecule has 4 aliphatic rings. The molecule has 4 amide bonds. The lowest BCUT2D eigenvalue weighted by molar-refractivity contribution is -0.141. The first kappa shape index (κ1) is 32.8. The van der Waals surface area contributed by atoms with Gasteiger partial charge in [0.2, 0.25) is 29.4 Å². The van der Waals surface area contributed by atoms with E-state index in [0.29, 0.717) is 28.3 Å². The standard InChI is InChI=1S/C41H35ClN2O7/c1-50-32-18-24(19-33(51-2)36(32)45)35-28-16-17-29-34(39(48)43(37(29)46)22-23-10-5-3-6-11-23)30(28)21-31-38(47)44(27-15-9-14-26(42)20-27)40(49)41(31,35)25-12-7-4-8-13-25/h3-16,18-20,29-31,34-35,45H,17,21-22H2,1-2H3. The number of allylic oxidation sites excluding steroid dienone is 2. The molecule has 3 fully saturated rings. The minimum absolute atomic E-state index is 0.130. The highest BCUT2D eigenvalue weighted by Crippen LogP contribution is 2.65. The van der Waals surface area contributed by atoms with Crippen LogP contribution in [0.15, 0.2) is 109 Å². The maximum absolute atomic E-state index is 15.4. The third-order valence-electron chi connectivity index (χ3n) is 11.3. The Balaban J connectivity index is 1.36. The molecule has 2 aliphatic heterocycles. The van der Waals surface area contributed by atoms with Gasteiger partial charge in [0, 0.05) is 10.9 Å². The van der Waals surface area contributed by atoms with Gasteiger partial charge in [-0.25, -0.2) is 4.90 Å². The average molecular weight is 703 g/mol. The highest BCUT2D eigenvalue weighted by Gasteiger charge is 2.70. The molecule has 0 radical (unpaired) electrons. The maximum atomic E-state index is 15.4. The minimum Gasteiger partial charge on any atom is -0.502 e. The van der Waals surface area contributed by atoms with Gasteiger partial charge in [-0.15, -0.1) is 0 Å². The molecule has 10 heteroatoms. The number of hydrogen-bond acceptors (Lipinski definition) is 7. The summed E-state index contributed by atoms with van der Waals surface area (Å²) in [5.41, 5.74) is 1.71. The molecule has 0 spiro atoms. The van der Waals surface area contributed by atoms with E-state index in [4.69, 9.17) is 21.1 Å². The van der Waals surface area contributed by atoms with Gasteiger partial charge in [-0.1, -0.05) is 90.0 Å². The van der Waals surface area contributed by atoms with Crippen molar-refractivity contribution in [1.29, 1.82) is 0 Å². The predicted molar refractivity (Wildman–Crippen MR) is 189 cm³/mol. The number of phenols is 1. The van der Waals surface area contributed by atoms with Crippen molar-refractivity contribution < 1.29 is 33.8 Å². The van der Waals surface area contributed by atoms with E-state index in [1.165, 1.54) is 24.0 Å². The molecule has 9 nitrogen and oxygen atoms in total. The minimum atomic E-state index is -1.47. The van der Waals surface area contributed by atoms with Crippen molar-refractivity contribution in [3.63, 3.8) is 0 Å². The van der Waals surface area contributed by atoms with Crippen molar-refractivity contribution in [3.05, 3.63) is 130 Å². The number of methoxy groups -OCH3 is 2. The quantitative estimate of drug-likeness (QED) is 0.175. The van der Waals surface area contributed by atoms with E-state index in [1.54, 1.807) is 36.4 Å². The summed E-state index contributed by atoms with van der Waals surface area (Å²) in [6, 6.07) is 28.6. The van der Waals surface area contributed by atoms with Crippen LogP contribution in [-0.4, -0.2) is 47.9 Å². The first-order chi connectivity index (χ1) is 24.7. The lowest BCUT2D eigenvalue weighted by Crippen LogP contribution is -2.53. The third kappa shape index (κ3) is 4.82. The second-order valence-corrected chi connectivity index (χ2v) is 14.1. The summed E-state index contributed by atoms with van der Waals surface area (Å²) in [6.45, 7) is 0.153. The zero-order valence-electron chi connectivity index (χ0n) is 28.0. The summed E-state index contributed by atoms with van der Waals surface area (Å²) >= 11 is 6.41. The molecule has 1 N–H and O–H groups in total. The van der Waals surface area contributed by atoms with E-state index >= 15 is 4.79 Å². The Labute approximate surface area is 300 Å². The monoisotopic (exact) mass is 702 g/mol. The highest BCUT2D eigenvalue weighted by atomic mass is 35.5. The molecule has 6 atom stereocenters. The Morgan fingerprint density at radius 1 is 0.804 bits per heavy atom. The fourth-order valence-electron chi connectivity index (χ4n) is 9.19. The zero-order valence-corrected chi connectivity index (χ0v) is 28.7. The Morgan fingerprint density at radius 2 is 1.47 bits per heavy atom. The number of hydrogen-bond donors (Lipinski definition) is 1. The van der Waals surface area contributed by atoms with Crippen LogP contribution in [0.1, 0.15) is 35.4 Å². The van der Waals surface area contributed by atoms with Gasteiger partial charge in [-0.05, 0) is 65.8 Å². The number of ether oxygens (including phenoxy) is 2. The molecule has 2 saturated heterocycles. The number of rotatable bonds is 7. The number of carbonyl (C=O) groups excluding carboxylic acids is 4. The van der Waals surface area contributed by atoms with E-state index in [-0.39, 0.29) is 42.0 Å². The van der Waals surface area contributed by atoms with Gasteiger partial charge < -0.3 is 14.6 Å². The van der Waals surface area contributed by atoms with Gasteiger partial charge in [0.05, 0.1) is 49.6 Å². The second kappa shape index (κ2) is 12.4. The number of fused-ring (bicyclic) bond motifs is 4. The molecule has 258 valence electrons. The van der Waals surface area contributed by atoms with E-state index < -0.39 is 46.8 Å². The van der Waals surface area contributed by atoms with Crippen LogP contribution in [0.25, 0.3) is 0 Å². The van der Waals surface area contributed by atoms with Crippen molar-refractivity contribution >= 4 is 40.9 Å². The van der Waals surface area contributed by atoms with Crippen LogP contribution in [0, 0.1) is 23.7 Å². The van der Waals surface area contributed by atoms with Gasteiger partial charge >= 0.3 is 0 Å². The fraction of sp³-hybridized carbons (Fsp3) is 0.268. The molecule has 6 unspecified atom stereocenters. The number of anilines is 1. The lowest BCUT2D eigenvalue weighted by atomic mass is 9.49. The number of nitrogens with zero attached hydrogens (tertiary/aromatic N) is 2. The lowest BCUT2D eigenvalue weighted by Gasteiger charge is -2.50. The molecular formula is C41H35ClN2O7. The van der Waals surface area contributed by atoms with Crippen LogP contribution >= 0.6 is 11.6 Å². The number of halogens is 1. The van der Waals surface area contributed by atoms with E-state index in [2.05, 4.69) is 0 Å². The zero-order chi connectivity index (χ0) is 35.6. The van der Waals surface area contributed by atoms with Gasteiger partial charge in [0.15, 0.2) is 11.5 Å². The van der Waals surface area contributed by atoms with Gasteiger partial charge in [-0.2, -0.15) is 0 Å². The van der Waals surface area contributed by atoms with Crippen LogP contribution in [0.4, 0.5) is 5.69 Å². The van der Waals surface area contributed by atoms with Crippen LogP contribution < -0.4 is 14.4 Å². The number of aromatic hydroxyl groups is 1. The van der Waals surface area contributed by atoms with Crippen molar-refractivity contribution in [2.75, 3.05) is 19.1 Å². The molecule has 4 aromatic carbocycles. The Morgan fingerprint density at radius 3 is 2.12 bits per heavy atom. The van der Waals surface area contributed by atoms with Crippen molar-refractivity contribution in [2.24, 2.45) is 23.7 Å². The van der Waals surface area contributed by atoms with Crippen LogP contribution in [-0.2, 0) is 31.1 Å². The molecule has 0 aromatic heterocycles. The summed E-state index contributed by atoms with van der Waals surface area (Å²) in [4.78, 5) is 61.3. The largest absolute Gasteiger partial charge is 0.502 e. The fourth-order valence-corrected chi connectivity index (χ4v) is 9.37. The summed E-state index contributed by atoms with van der Waals surface area (Å²) < 4.78 is 11.2. The molecule has 4 aromatic rings. The summed E-state index contributed by atoms with van der Waals surface area (Å²) in [5.74, 6) is -4.87. The third-order valence-corrected chi connectivity index (χ3v) is 11.5. The number of likely N-dealkylation sites (tertiary alicyclic amines) is 1. The molecule has 51 heavy (non-hydrogen) atoms. The predicted octanol–water partition coefficient (Wildman–Crippen LogP) is 6.43. The van der Waals surface area contributed by atoms with Crippen molar-refractivity contribution in [2.45, 2.75) is 30.7 Å². The Bertz CT molecular complexity index is 2090. The number of imide groups is 2. The molecule has 2 aliphatic carbocycles. The van der Waals surface area contributed by atoms with Crippen LogP contribution in [0.5, 0.6) is 17.2 Å². The van der Waals surface area contributed by atoms with Gasteiger partial charge in [0.1, 0.15) is 0 Å². The van der Waals surface area contributed by atoms with E-state index in [9.17, 15) is 19.5 Å². The SMILES string of the molecule is COc1cc(C2C3=CCC4C(=O)N(Cc5ccccc5)C(=O)C4C3CC3C(=O)N(c4cccc(Cl)c4)C(=O)C32c2ccccc2)cc(OC)c1O. The smallest absolute Gasteiger partial charge is 0.246 e. The van der Waals surface area contributed by atoms with Crippen molar-refractivity contribution in [3.8, 4) is 17.2 Å². The summed E-state index contributed by atoms with van der Waals surface area (Å²) in [5, 5.41) is 11.3. The highest BCUT2D eigenvalue weighted by molar-refractivity contribution is 6.32. The second-order valence-electron chi connectivity index (χ2n) is 13.6.